The molecule has 8 nitrogen and oxygen atoms in total. The van der Waals surface area contributed by atoms with Gasteiger partial charge in [0, 0.05) is 41.7 Å². The van der Waals surface area contributed by atoms with Gasteiger partial charge in [-0.3, -0.25) is 14.3 Å². The second-order valence-electron chi connectivity index (χ2n) is 8.35. The minimum absolute atomic E-state index is 0.0356. The van der Waals surface area contributed by atoms with Gasteiger partial charge in [-0.15, -0.1) is 0 Å². The Balaban J connectivity index is 1.49. The largest absolute Gasteiger partial charge is 0.349 e. The van der Waals surface area contributed by atoms with E-state index in [-0.39, 0.29) is 17.6 Å². The molecule has 0 bridgehead atoms. The molecule has 0 aliphatic carbocycles. The van der Waals surface area contributed by atoms with Crippen LogP contribution in [0.25, 0.3) is 10.9 Å². The summed E-state index contributed by atoms with van der Waals surface area (Å²) in [7, 11) is 3.95. The molecule has 0 radical (unpaired) electrons. The predicted molar refractivity (Wildman–Crippen MR) is 121 cm³/mol. The highest BCUT2D eigenvalue weighted by molar-refractivity contribution is 6.31. The molecular formula is C22H27ClN6O2. The van der Waals surface area contributed by atoms with Crippen molar-refractivity contribution in [2.24, 2.45) is 0 Å². The number of amides is 1. The van der Waals surface area contributed by atoms with Gasteiger partial charge in [0.25, 0.3) is 5.91 Å². The summed E-state index contributed by atoms with van der Waals surface area (Å²) in [4.78, 5) is 32.3. The highest BCUT2D eigenvalue weighted by atomic mass is 35.5. The molecule has 1 atom stereocenters. The molecule has 1 N–H and O–H groups in total. The van der Waals surface area contributed by atoms with Crippen molar-refractivity contribution in [3.8, 4) is 0 Å². The first kappa shape index (κ1) is 21.5. The number of likely N-dealkylation sites (N-methyl/N-ethyl adjacent to an activating group) is 1. The van der Waals surface area contributed by atoms with E-state index in [9.17, 15) is 9.59 Å². The summed E-state index contributed by atoms with van der Waals surface area (Å²) < 4.78 is 3.29. The summed E-state index contributed by atoms with van der Waals surface area (Å²) in [5.41, 5.74) is 2.01. The highest BCUT2D eigenvalue weighted by Gasteiger charge is 2.23. The van der Waals surface area contributed by atoms with E-state index in [1.807, 2.05) is 32.0 Å². The van der Waals surface area contributed by atoms with Gasteiger partial charge in [-0.2, -0.15) is 5.10 Å². The molecule has 0 saturated carbocycles. The number of carbonyl (C=O) groups excluding carboxylic acids is 1. The number of aryl methyl sites for hydroxylation is 2. The molecule has 1 aliphatic rings. The maximum absolute atomic E-state index is 13.1. The number of halogens is 1. The van der Waals surface area contributed by atoms with E-state index in [1.54, 1.807) is 27.4 Å². The minimum atomic E-state index is -0.147. The first-order chi connectivity index (χ1) is 14.8. The number of carbonyl (C=O) groups is 1. The molecule has 1 aromatic carbocycles. The van der Waals surface area contributed by atoms with Gasteiger partial charge >= 0.3 is 5.69 Å². The van der Waals surface area contributed by atoms with Crippen molar-refractivity contribution in [2.45, 2.75) is 45.3 Å². The third-order valence-corrected chi connectivity index (χ3v) is 5.89. The van der Waals surface area contributed by atoms with Crippen molar-refractivity contribution < 1.29 is 4.79 Å². The maximum atomic E-state index is 13.1. The van der Waals surface area contributed by atoms with E-state index in [4.69, 9.17) is 11.6 Å². The Hall–Kier alpha value is -2.71. The fourth-order valence-corrected chi connectivity index (χ4v) is 4.17. The van der Waals surface area contributed by atoms with Crippen molar-refractivity contribution in [3.63, 3.8) is 0 Å². The molecule has 31 heavy (non-hydrogen) atoms. The normalized spacial score (nSPS) is 16.4. The molecule has 164 valence electrons. The van der Waals surface area contributed by atoms with Crippen LogP contribution in [0.2, 0.25) is 5.02 Å². The lowest BCUT2D eigenvalue weighted by atomic mass is 10.0. The van der Waals surface area contributed by atoms with Crippen LogP contribution >= 0.6 is 11.6 Å². The van der Waals surface area contributed by atoms with Gasteiger partial charge in [0.2, 0.25) is 0 Å². The first-order valence-electron chi connectivity index (χ1n) is 10.5. The third-order valence-electron chi connectivity index (χ3n) is 5.65. The molecule has 1 unspecified atom stereocenters. The monoisotopic (exact) mass is 442 g/mol. The van der Waals surface area contributed by atoms with Crippen LogP contribution in [0.15, 0.2) is 29.1 Å². The molecule has 0 saturated heterocycles. The topological polar surface area (TPSA) is 85.0 Å². The van der Waals surface area contributed by atoms with Crippen LogP contribution in [0.3, 0.4) is 0 Å². The van der Waals surface area contributed by atoms with E-state index < -0.39 is 0 Å². The summed E-state index contributed by atoms with van der Waals surface area (Å²) in [5.74, 6) is 0.642. The SMILES string of the molecule is Cc1cc(C(=O)NC2CCc3nn(CCN(C)C)c(=O)n3CC2)c2cc(Cl)ccc2n1. The molecule has 0 spiro atoms. The van der Waals surface area contributed by atoms with Gasteiger partial charge in [-0.1, -0.05) is 11.6 Å². The summed E-state index contributed by atoms with van der Waals surface area (Å²) >= 11 is 6.15. The zero-order chi connectivity index (χ0) is 22.1. The van der Waals surface area contributed by atoms with Crippen LogP contribution in [0.5, 0.6) is 0 Å². The lowest BCUT2D eigenvalue weighted by molar-refractivity contribution is 0.0934. The molecule has 3 heterocycles. The van der Waals surface area contributed by atoms with E-state index in [1.165, 1.54) is 0 Å². The minimum Gasteiger partial charge on any atom is -0.349 e. The van der Waals surface area contributed by atoms with Gasteiger partial charge in [0.15, 0.2) is 0 Å². The number of nitrogens with one attached hydrogen (secondary N) is 1. The van der Waals surface area contributed by atoms with Crippen LogP contribution in [0.1, 0.15) is 34.7 Å². The van der Waals surface area contributed by atoms with E-state index in [2.05, 4.69) is 15.4 Å². The molecule has 3 aromatic rings. The highest BCUT2D eigenvalue weighted by Crippen LogP contribution is 2.23. The number of nitrogens with zero attached hydrogens (tertiary/aromatic N) is 5. The maximum Gasteiger partial charge on any atom is 0.345 e. The number of benzene rings is 1. The van der Waals surface area contributed by atoms with Crippen LogP contribution in [0, 0.1) is 6.92 Å². The lowest BCUT2D eigenvalue weighted by Gasteiger charge is -2.17. The van der Waals surface area contributed by atoms with Gasteiger partial charge in [-0.25, -0.2) is 9.48 Å². The van der Waals surface area contributed by atoms with Crippen LogP contribution in [0.4, 0.5) is 0 Å². The quantitative estimate of drug-likeness (QED) is 0.655. The van der Waals surface area contributed by atoms with Crippen molar-refractivity contribution in [1.29, 1.82) is 0 Å². The number of aromatic nitrogens is 4. The summed E-state index contributed by atoms with van der Waals surface area (Å²) in [5, 5.41) is 8.97. The van der Waals surface area contributed by atoms with Gasteiger partial charge < -0.3 is 10.2 Å². The smallest absolute Gasteiger partial charge is 0.345 e. The van der Waals surface area contributed by atoms with E-state index >= 15 is 0 Å². The zero-order valence-electron chi connectivity index (χ0n) is 18.1. The fraction of sp³-hybridized carbons (Fsp3) is 0.455. The molecule has 4 rings (SSSR count). The second-order valence-corrected chi connectivity index (χ2v) is 8.78. The third kappa shape index (κ3) is 4.65. The molecule has 1 amide bonds. The Morgan fingerprint density at radius 3 is 2.87 bits per heavy atom. The summed E-state index contributed by atoms with van der Waals surface area (Å²) in [6.07, 6.45) is 2.07. The number of pyridine rings is 1. The molecule has 2 aromatic heterocycles. The Kier molecular flexibility index (Phi) is 6.11. The first-order valence-corrected chi connectivity index (χ1v) is 10.9. The molecule has 0 fully saturated rings. The molecule has 1 aliphatic heterocycles. The zero-order valence-corrected chi connectivity index (χ0v) is 18.8. The summed E-state index contributed by atoms with van der Waals surface area (Å²) in [6.45, 7) is 3.75. The Labute approximate surface area is 185 Å². The van der Waals surface area contributed by atoms with E-state index in [0.717, 1.165) is 35.4 Å². The number of rotatable bonds is 5. The average Bonchev–Trinajstić information content (AvgIpc) is 2.88. The number of hydrogen-bond acceptors (Lipinski definition) is 5. The van der Waals surface area contributed by atoms with Crippen molar-refractivity contribution in [1.82, 2.24) is 29.5 Å². The number of hydrogen-bond donors (Lipinski definition) is 1. The molecule has 9 heteroatoms. The lowest BCUT2D eigenvalue weighted by Crippen LogP contribution is -2.36. The van der Waals surface area contributed by atoms with Gasteiger partial charge in [0.05, 0.1) is 17.6 Å². The molecular weight excluding hydrogens is 416 g/mol. The Bertz CT molecular complexity index is 1180. The van der Waals surface area contributed by atoms with Crippen LogP contribution in [-0.4, -0.2) is 56.8 Å². The van der Waals surface area contributed by atoms with Gasteiger partial charge in [-0.05, 0) is 58.1 Å². The summed E-state index contributed by atoms with van der Waals surface area (Å²) in [6, 6.07) is 7.13. The predicted octanol–water partition coefficient (Wildman–Crippen LogP) is 2.25. The Morgan fingerprint density at radius 1 is 1.29 bits per heavy atom. The fourth-order valence-electron chi connectivity index (χ4n) is 3.99. The average molecular weight is 443 g/mol. The van der Waals surface area contributed by atoms with Crippen molar-refractivity contribution in [3.05, 3.63) is 56.9 Å². The van der Waals surface area contributed by atoms with Gasteiger partial charge in [0.1, 0.15) is 5.82 Å². The number of fused-ring (bicyclic) bond motifs is 2. The van der Waals surface area contributed by atoms with E-state index in [0.29, 0.717) is 36.5 Å². The second kappa shape index (κ2) is 8.80. The van der Waals surface area contributed by atoms with Crippen molar-refractivity contribution in [2.75, 3.05) is 20.6 Å². The van der Waals surface area contributed by atoms with Crippen LogP contribution < -0.4 is 11.0 Å². The van der Waals surface area contributed by atoms with Crippen molar-refractivity contribution >= 4 is 28.4 Å². The standard InChI is InChI=1S/C22H27ClN6O2/c1-14-12-18(17-13-15(23)4-6-19(17)24-14)21(30)25-16-5-7-20-26-29(11-10-27(2)3)22(31)28(20)9-8-16/h4,6,12-13,16H,5,7-11H2,1-3H3,(H,25,30). The van der Waals surface area contributed by atoms with Crippen LogP contribution in [-0.2, 0) is 19.5 Å². The Morgan fingerprint density at radius 2 is 2.10 bits per heavy atom.